The Bertz CT molecular complexity index is 295. The first kappa shape index (κ1) is 8.72. The predicted octanol–water partition coefficient (Wildman–Crippen LogP) is 1.87. The summed E-state index contributed by atoms with van der Waals surface area (Å²) in [5.41, 5.74) is 2.39. The van der Waals surface area contributed by atoms with E-state index in [4.69, 9.17) is 4.74 Å². The number of nitrogens with zero attached hydrogens (tertiary/aromatic N) is 1. The quantitative estimate of drug-likeness (QED) is 0.787. The topological polar surface area (TPSA) is 42.4 Å². The number of hydrogen-bond acceptors (Lipinski definition) is 4. The molecule has 70 valence electrons. The van der Waals surface area contributed by atoms with Crippen molar-refractivity contribution in [3.63, 3.8) is 0 Å². The fraction of sp³-hybridized carbons (Fsp3) is 0.444. The van der Waals surface area contributed by atoms with Crippen LogP contribution < -0.4 is 0 Å². The molecule has 3 nitrogen and oxygen atoms in total. The summed E-state index contributed by atoms with van der Waals surface area (Å²) in [6.07, 6.45) is 3.28. The van der Waals surface area contributed by atoms with Gasteiger partial charge in [-0.3, -0.25) is 0 Å². The van der Waals surface area contributed by atoms with Gasteiger partial charge in [0.2, 0.25) is 0 Å². The summed E-state index contributed by atoms with van der Waals surface area (Å²) >= 11 is 1.48. The van der Waals surface area contributed by atoms with E-state index >= 15 is 0 Å². The van der Waals surface area contributed by atoms with Crippen LogP contribution in [-0.2, 0) is 4.74 Å². The number of rotatable bonds is 2. The number of hydrogen-bond donors (Lipinski definition) is 1. The largest absolute Gasteiger partial charge is 0.495 e. The van der Waals surface area contributed by atoms with E-state index in [-0.39, 0.29) is 0 Å². The van der Waals surface area contributed by atoms with Gasteiger partial charge in [-0.1, -0.05) is 0 Å². The molecule has 0 saturated carbocycles. The zero-order valence-electron chi connectivity index (χ0n) is 7.14. The second kappa shape index (κ2) is 3.89. The van der Waals surface area contributed by atoms with Crippen molar-refractivity contribution >= 4 is 11.3 Å². The van der Waals surface area contributed by atoms with E-state index in [1.807, 2.05) is 11.5 Å². The van der Waals surface area contributed by atoms with Crippen LogP contribution in [0.15, 0.2) is 22.7 Å². The van der Waals surface area contributed by atoms with E-state index in [1.54, 1.807) is 5.51 Å². The third-order valence-corrected chi connectivity index (χ3v) is 2.57. The minimum atomic E-state index is -0.674. The molecule has 1 aliphatic heterocycles. The van der Waals surface area contributed by atoms with Crippen molar-refractivity contribution in [2.75, 3.05) is 6.61 Å². The number of aliphatic hydroxyl groups excluding tert-OH is 1. The van der Waals surface area contributed by atoms with Crippen LogP contribution in [0.4, 0.5) is 0 Å². The van der Waals surface area contributed by atoms with Crippen LogP contribution in [0, 0.1) is 0 Å². The van der Waals surface area contributed by atoms with Gasteiger partial charge < -0.3 is 9.84 Å². The number of aliphatic hydroxyl groups is 1. The second-order valence-electron chi connectivity index (χ2n) is 2.91. The van der Waals surface area contributed by atoms with E-state index in [0.717, 1.165) is 12.8 Å². The molecule has 1 N–H and O–H groups in total. The molecule has 1 aromatic heterocycles. The van der Waals surface area contributed by atoms with Crippen LogP contribution in [0.5, 0.6) is 0 Å². The summed E-state index contributed by atoms with van der Waals surface area (Å²) in [7, 11) is 0. The monoisotopic (exact) mass is 197 g/mol. The van der Waals surface area contributed by atoms with Gasteiger partial charge in [0.15, 0.2) is 6.10 Å². The van der Waals surface area contributed by atoms with Gasteiger partial charge in [-0.25, -0.2) is 4.98 Å². The van der Waals surface area contributed by atoms with Crippen LogP contribution in [-0.4, -0.2) is 16.7 Å². The minimum Gasteiger partial charge on any atom is -0.495 e. The summed E-state index contributed by atoms with van der Waals surface area (Å²) in [4.78, 5) is 4.04. The van der Waals surface area contributed by atoms with Crippen molar-refractivity contribution in [3.05, 3.63) is 28.4 Å². The van der Waals surface area contributed by atoms with Crippen LogP contribution >= 0.6 is 11.3 Å². The molecule has 0 saturated heterocycles. The van der Waals surface area contributed by atoms with Gasteiger partial charge in [-0.05, 0) is 18.9 Å². The summed E-state index contributed by atoms with van der Waals surface area (Å²) in [5, 5.41) is 11.6. The fourth-order valence-corrected chi connectivity index (χ4v) is 1.84. The molecule has 1 unspecified atom stereocenters. The Morgan fingerprint density at radius 1 is 1.62 bits per heavy atom. The third-order valence-electron chi connectivity index (χ3n) is 1.96. The molecule has 0 spiro atoms. The van der Waals surface area contributed by atoms with Gasteiger partial charge in [-0.2, -0.15) is 0 Å². The van der Waals surface area contributed by atoms with Crippen molar-refractivity contribution in [2.24, 2.45) is 0 Å². The summed E-state index contributed by atoms with van der Waals surface area (Å²) < 4.78 is 5.34. The molecule has 0 aromatic carbocycles. The molecule has 1 atom stereocenters. The molecule has 0 fully saturated rings. The van der Waals surface area contributed by atoms with E-state index in [9.17, 15) is 5.11 Å². The lowest BCUT2D eigenvalue weighted by molar-refractivity contribution is 0.0898. The molecule has 0 aliphatic carbocycles. The Morgan fingerprint density at radius 2 is 2.54 bits per heavy atom. The van der Waals surface area contributed by atoms with Crippen LogP contribution in [0.25, 0.3) is 0 Å². The number of ether oxygens (including phenoxy) is 1. The number of thiazole rings is 1. The molecule has 2 heterocycles. The maximum Gasteiger partial charge on any atom is 0.153 e. The summed E-state index contributed by atoms with van der Waals surface area (Å²) in [6, 6.07) is 0. The van der Waals surface area contributed by atoms with Gasteiger partial charge in [0.25, 0.3) is 0 Å². The molecular formula is C9H11NO2S. The van der Waals surface area contributed by atoms with Gasteiger partial charge in [0.05, 0.1) is 17.8 Å². The van der Waals surface area contributed by atoms with E-state index in [0.29, 0.717) is 18.1 Å². The van der Waals surface area contributed by atoms with Gasteiger partial charge in [0, 0.05) is 5.38 Å². The number of allylic oxidation sites excluding steroid dienone is 1. The first-order valence-electron chi connectivity index (χ1n) is 4.27. The summed E-state index contributed by atoms with van der Waals surface area (Å²) in [6.45, 7) is 0.701. The Kier molecular flexibility index (Phi) is 2.61. The van der Waals surface area contributed by atoms with Gasteiger partial charge in [-0.15, -0.1) is 11.3 Å². The highest BCUT2D eigenvalue weighted by Gasteiger charge is 2.18. The van der Waals surface area contributed by atoms with E-state index in [2.05, 4.69) is 4.98 Å². The zero-order chi connectivity index (χ0) is 9.10. The van der Waals surface area contributed by atoms with Crippen LogP contribution in [0.2, 0.25) is 0 Å². The van der Waals surface area contributed by atoms with Crippen molar-refractivity contribution in [1.82, 2.24) is 4.98 Å². The molecule has 1 aromatic rings. The molecule has 0 radical (unpaired) electrons. The molecule has 1 aliphatic rings. The average Bonchev–Trinajstić information content (AvgIpc) is 2.71. The highest BCUT2D eigenvalue weighted by Crippen LogP contribution is 2.25. The lowest BCUT2D eigenvalue weighted by Crippen LogP contribution is -2.09. The first-order valence-corrected chi connectivity index (χ1v) is 5.21. The predicted molar refractivity (Wildman–Crippen MR) is 50.3 cm³/mol. The van der Waals surface area contributed by atoms with Crippen LogP contribution in [0.3, 0.4) is 0 Å². The highest BCUT2D eigenvalue weighted by molar-refractivity contribution is 7.07. The third kappa shape index (κ3) is 1.89. The van der Waals surface area contributed by atoms with Crippen molar-refractivity contribution in [2.45, 2.75) is 18.9 Å². The Morgan fingerprint density at radius 3 is 3.15 bits per heavy atom. The molecule has 4 heteroatoms. The fourth-order valence-electron chi connectivity index (χ4n) is 1.27. The Labute approximate surface area is 80.7 Å². The standard InChI is InChI=1S/C9H11NO2S/c11-9(7-5-13-6-10-7)8-3-1-2-4-12-8/h3,5-6,9,11H,1-2,4H2. The number of aromatic nitrogens is 1. The molecule has 0 amide bonds. The summed E-state index contributed by atoms with van der Waals surface area (Å²) in [5.74, 6) is 0.650. The highest BCUT2D eigenvalue weighted by atomic mass is 32.1. The normalized spacial score (nSPS) is 19.0. The molecule has 2 rings (SSSR count). The maximum absolute atomic E-state index is 9.79. The van der Waals surface area contributed by atoms with Gasteiger partial charge >= 0.3 is 0 Å². The SMILES string of the molecule is OC(C1=CCCCO1)c1cscn1. The smallest absolute Gasteiger partial charge is 0.153 e. The lowest BCUT2D eigenvalue weighted by atomic mass is 10.1. The van der Waals surface area contributed by atoms with Crippen molar-refractivity contribution in [1.29, 1.82) is 0 Å². The first-order chi connectivity index (χ1) is 6.38. The minimum absolute atomic E-state index is 0.650. The molecule has 0 bridgehead atoms. The molecule has 13 heavy (non-hydrogen) atoms. The van der Waals surface area contributed by atoms with Crippen LogP contribution in [0.1, 0.15) is 24.6 Å². The Hall–Kier alpha value is -0.870. The Balaban J connectivity index is 2.12. The van der Waals surface area contributed by atoms with Crippen molar-refractivity contribution in [3.8, 4) is 0 Å². The maximum atomic E-state index is 9.79. The zero-order valence-corrected chi connectivity index (χ0v) is 7.96. The van der Waals surface area contributed by atoms with E-state index < -0.39 is 6.10 Å². The van der Waals surface area contributed by atoms with E-state index in [1.165, 1.54) is 11.3 Å². The lowest BCUT2D eigenvalue weighted by Gasteiger charge is -2.18. The van der Waals surface area contributed by atoms with Crippen molar-refractivity contribution < 1.29 is 9.84 Å². The molecular weight excluding hydrogens is 186 g/mol. The second-order valence-corrected chi connectivity index (χ2v) is 3.63. The van der Waals surface area contributed by atoms with Gasteiger partial charge in [0.1, 0.15) is 5.76 Å². The average molecular weight is 197 g/mol.